The van der Waals surface area contributed by atoms with Crippen molar-refractivity contribution >= 4 is 35.0 Å². The topological polar surface area (TPSA) is 84.5 Å². The molecule has 0 spiro atoms. The highest BCUT2D eigenvalue weighted by Crippen LogP contribution is 2.21. The van der Waals surface area contributed by atoms with Gasteiger partial charge in [0.25, 0.3) is 17.7 Å². The molecule has 3 rings (SSSR count). The van der Waals surface area contributed by atoms with Crippen molar-refractivity contribution in [2.24, 2.45) is 0 Å². The summed E-state index contributed by atoms with van der Waals surface area (Å²) in [6, 6.07) is 11.2. The van der Waals surface area contributed by atoms with E-state index in [4.69, 9.17) is 16.3 Å². The Morgan fingerprint density at radius 1 is 1.08 bits per heavy atom. The zero-order valence-electron chi connectivity index (χ0n) is 12.6. The number of imide groups is 1. The first kappa shape index (κ1) is 16.0. The molecule has 0 radical (unpaired) electrons. The van der Waals surface area contributed by atoms with Crippen molar-refractivity contribution in [3.8, 4) is 5.75 Å². The SMILES string of the molecule is CC(Oc1ccc(Cl)cc1)C(=O)Nc1ccc2c(c1)C(=O)NC2=O. The number of benzene rings is 2. The standard InChI is InChI=1S/C17H13ClN2O4/c1-9(24-12-5-2-10(18)3-6-12)15(21)19-11-4-7-13-14(8-11)17(23)20-16(13)22/h2-9H,1H3,(H,19,21)(H,20,22,23). The minimum atomic E-state index is -0.755. The fraction of sp³-hybridized carbons (Fsp3) is 0.118. The third kappa shape index (κ3) is 3.23. The number of anilines is 1. The van der Waals surface area contributed by atoms with Crippen LogP contribution in [0.2, 0.25) is 5.02 Å². The molecule has 0 fully saturated rings. The molecule has 7 heteroatoms. The number of amides is 3. The number of ether oxygens (including phenoxy) is 1. The van der Waals surface area contributed by atoms with Crippen LogP contribution in [0, 0.1) is 0 Å². The first-order chi connectivity index (χ1) is 11.4. The second-order valence-corrected chi connectivity index (χ2v) is 5.68. The molecule has 2 aromatic rings. The molecular formula is C17H13ClN2O4. The number of halogens is 1. The van der Waals surface area contributed by atoms with Gasteiger partial charge in [0.15, 0.2) is 6.10 Å². The number of rotatable bonds is 4. The maximum absolute atomic E-state index is 12.2. The molecule has 0 aromatic heterocycles. The lowest BCUT2D eigenvalue weighted by Crippen LogP contribution is -2.30. The van der Waals surface area contributed by atoms with Crippen molar-refractivity contribution in [3.63, 3.8) is 0 Å². The average Bonchev–Trinajstić information content (AvgIpc) is 2.84. The molecule has 6 nitrogen and oxygen atoms in total. The van der Waals surface area contributed by atoms with Crippen LogP contribution in [0.5, 0.6) is 5.75 Å². The molecule has 1 heterocycles. The van der Waals surface area contributed by atoms with Crippen LogP contribution in [0.1, 0.15) is 27.6 Å². The van der Waals surface area contributed by atoms with E-state index >= 15 is 0 Å². The van der Waals surface area contributed by atoms with Gasteiger partial charge in [-0.3, -0.25) is 19.7 Å². The summed E-state index contributed by atoms with van der Waals surface area (Å²) in [7, 11) is 0. The summed E-state index contributed by atoms with van der Waals surface area (Å²) in [5, 5.41) is 5.43. The monoisotopic (exact) mass is 344 g/mol. The Morgan fingerprint density at radius 3 is 2.46 bits per heavy atom. The Kier molecular flexibility index (Phi) is 4.22. The number of hydrogen-bond donors (Lipinski definition) is 2. The summed E-state index contributed by atoms with van der Waals surface area (Å²) in [5.74, 6) is -0.778. The second kappa shape index (κ2) is 6.33. The lowest BCUT2D eigenvalue weighted by atomic mass is 10.1. The summed E-state index contributed by atoms with van der Waals surface area (Å²) in [5.41, 5.74) is 0.947. The minimum Gasteiger partial charge on any atom is -0.481 e. The summed E-state index contributed by atoms with van der Waals surface area (Å²) in [6.07, 6.45) is -0.755. The van der Waals surface area contributed by atoms with Gasteiger partial charge < -0.3 is 10.1 Å². The van der Waals surface area contributed by atoms with Gasteiger partial charge in [-0.25, -0.2) is 0 Å². The number of carbonyl (C=O) groups is 3. The lowest BCUT2D eigenvalue weighted by molar-refractivity contribution is -0.122. The molecule has 24 heavy (non-hydrogen) atoms. The molecule has 0 aliphatic carbocycles. The van der Waals surface area contributed by atoms with Gasteiger partial charge in [0.1, 0.15) is 5.75 Å². The highest BCUT2D eigenvalue weighted by molar-refractivity contribution is 6.30. The summed E-state index contributed by atoms with van der Waals surface area (Å²) in [6.45, 7) is 1.60. The number of fused-ring (bicyclic) bond motifs is 1. The highest BCUT2D eigenvalue weighted by atomic mass is 35.5. The first-order valence-electron chi connectivity index (χ1n) is 7.17. The van der Waals surface area contributed by atoms with E-state index in [0.717, 1.165) is 0 Å². The van der Waals surface area contributed by atoms with Gasteiger partial charge >= 0.3 is 0 Å². The maximum Gasteiger partial charge on any atom is 0.265 e. The van der Waals surface area contributed by atoms with Crippen LogP contribution in [0.4, 0.5) is 5.69 Å². The van der Waals surface area contributed by atoms with Crippen LogP contribution < -0.4 is 15.4 Å². The molecule has 0 saturated carbocycles. The molecular weight excluding hydrogens is 332 g/mol. The van der Waals surface area contributed by atoms with E-state index < -0.39 is 17.9 Å². The molecule has 122 valence electrons. The predicted molar refractivity (Wildman–Crippen MR) is 88.4 cm³/mol. The summed E-state index contributed by atoms with van der Waals surface area (Å²) in [4.78, 5) is 35.3. The molecule has 0 bridgehead atoms. The molecule has 1 unspecified atom stereocenters. The van der Waals surface area contributed by atoms with Gasteiger partial charge in [0.2, 0.25) is 0 Å². The third-order valence-electron chi connectivity index (χ3n) is 3.50. The molecule has 0 saturated heterocycles. The van der Waals surface area contributed by atoms with E-state index in [1.54, 1.807) is 37.3 Å². The Morgan fingerprint density at radius 2 is 1.75 bits per heavy atom. The Labute approximate surface area is 142 Å². The summed E-state index contributed by atoms with van der Waals surface area (Å²) >= 11 is 5.80. The van der Waals surface area contributed by atoms with Crippen LogP contribution in [-0.2, 0) is 4.79 Å². The average molecular weight is 345 g/mol. The zero-order chi connectivity index (χ0) is 17.3. The summed E-state index contributed by atoms with van der Waals surface area (Å²) < 4.78 is 5.53. The molecule has 1 aliphatic heterocycles. The third-order valence-corrected chi connectivity index (χ3v) is 3.75. The fourth-order valence-corrected chi connectivity index (χ4v) is 2.39. The Bertz CT molecular complexity index is 833. The van der Waals surface area contributed by atoms with Gasteiger partial charge in [-0.1, -0.05) is 11.6 Å². The molecule has 2 aromatic carbocycles. The van der Waals surface area contributed by atoms with Crippen LogP contribution in [0.25, 0.3) is 0 Å². The van der Waals surface area contributed by atoms with E-state index in [0.29, 0.717) is 22.0 Å². The van der Waals surface area contributed by atoms with Crippen LogP contribution in [-0.4, -0.2) is 23.8 Å². The van der Waals surface area contributed by atoms with Gasteiger partial charge in [0, 0.05) is 10.7 Å². The number of carbonyl (C=O) groups excluding carboxylic acids is 3. The van der Waals surface area contributed by atoms with Crippen LogP contribution in [0.15, 0.2) is 42.5 Å². The van der Waals surface area contributed by atoms with E-state index in [-0.39, 0.29) is 11.5 Å². The first-order valence-corrected chi connectivity index (χ1v) is 7.54. The second-order valence-electron chi connectivity index (χ2n) is 5.25. The van der Waals surface area contributed by atoms with Crippen LogP contribution >= 0.6 is 11.6 Å². The molecule has 2 N–H and O–H groups in total. The fourth-order valence-electron chi connectivity index (χ4n) is 2.26. The maximum atomic E-state index is 12.2. The predicted octanol–water partition coefficient (Wildman–Crippen LogP) is 2.63. The van der Waals surface area contributed by atoms with Crippen molar-refractivity contribution in [1.82, 2.24) is 5.32 Å². The molecule has 3 amide bonds. The van der Waals surface area contributed by atoms with Gasteiger partial charge in [-0.2, -0.15) is 0 Å². The van der Waals surface area contributed by atoms with Crippen molar-refractivity contribution in [2.75, 3.05) is 5.32 Å². The van der Waals surface area contributed by atoms with Gasteiger partial charge in [-0.15, -0.1) is 0 Å². The Balaban J connectivity index is 1.68. The van der Waals surface area contributed by atoms with Crippen LogP contribution in [0.3, 0.4) is 0 Å². The van der Waals surface area contributed by atoms with E-state index in [2.05, 4.69) is 10.6 Å². The lowest BCUT2D eigenvalue weighted by Gasteiger charge is -2.15. The largest absolute Gasteiger partial charge is 0.481 e. The van der Waals surface area contributed by atoms with E-state index in [1.165, 1.54) is 12.1 Å². The molecule has 1 atom stereocenters. The Hall–Kier alpha value is -2.86. The van der Waals surface area contributed by atoms with E-state index in [1.807, 2.05) is 0 Å². The smallest absolute Gasteiger partial charge is 0.265 e. The number of hydrogen-bond acceptors (Lipinski definition) is 4. The van der Waals surface area contributed by atoms with Gasteiger partial charge in [-0.05, 0) is 49.4 Å². The van der Waals surface area contributed by atoms with Crippen molar-refractivity contribution < 1.29 is 19.1 Å². The van der Waals surface area contributed by atoms with Crippen molar-refractivity contribution in [2.45, 2.75) is 13.0 Å². The van der Waals surface area contributed by atoms with E-state index in [9.17, 15) is 14.4 Å². The molecule has 1 aliphatic rings. The van der Waals surface area contributed by atoms with Crippen molar-refractivity contribution in [3.05, 3.63) is 58.6 Å². The minimum absolute atomic E-state index is 0.240. The quantitative estimate of drug-likeness (QED) is 0.835. The zero-order valence-corrected chi connectivity index (χ0v) is 13.4. The normalized spacial score (nSPS) is 13.9. The van der Waals surface area contributed by atoms with Crippen molar-refractivity contribution in [1.29, 1.82) is 0 Å². The highest BCUT2D eigenvalue weighted by Gasteiger charge is 2.27. The van der Waals surface area contributed by atoms with Gasteiger partial charge in [0.05, 0.1) is 11.1 Å². The number of nitrogens with one attached hydrogen (secondary N) is 2.